The fourth-order valence-corrected chi connectivity index (χ4v) is 2.25. The molecule has 6 nitrogen and oxygen atoms in total. The molecule has 1 atom stereocenters. The summed E-state index contributed by atoms with van der Waals surface area (Å²) in [4.78, 5) is 15.7. The lowest BCUT2D eigenvalue weighted by atomic mass is 10.00. The number of nitrogens with zero attached hydrogens (tertiary/aromatic N) is 1. The van der Waals surface area contributed by atoms with Gasteiger partial charge in [0.15, 0.2) is 11.5 Å². The van der Waals surface area contributed by atoms with Gasteiger partial charge in [-0.25, -0.2) is 9.79 Å². The van der Waals surface area contributed by atoms with Crippen molar-refractivity contribution in [1.29, 1.82) is 0 Å². The van der Waals surface area contributed by atoms with Crippen LogP contribution in [0.15, 0.2) is 17.1 Å². The van der Waals surface area contributed by atoms with Crippen molar-refractivity contribution in [3.63, 3.8) is 0 Å². The van der Waals surface area contributed by atoms with E-state index >= 15 is 0 Å². The summed E-state index contributed by atoms with van der Waals surface area (Å²) in [5.41, 5.74) is 1.84. The van der Waals surface area contributed by atoms with Gasteiger partial charge in [0.2, 0.25) is 0 Å². The van der Waals surface area contributed by atoms with E-state index in [2.05, 4.69) is 15.6 Å². The van der Waals surface area contributed by atoms with Crippen LogP contribution in [-0.4, -0.2) is 32.1 Å². The normalized spacial score (nSPS) is 20.2. The summed E-state index contributed by atoms with van der Waals surface area (Å²) in [7, 11) is 3.18. The molecule has 1 fully saturated rings. The van der Waals surface area contributed by atoms with E-state index in [4.69, 9.17) is 9.47 Å². The number of methoxy groups -OCH3 is 2. The second-order valence-corrected chi connectivity index (χ2v) is 4.19. The third-order valence-electron chi connectivity index (χ3n) is 3.13. The lowest BCUT2D eigenvalue weighted by Gasteiger charge is -2.19. The highest BCUT2D eigenvalue weighted by molar-refractivity contribution is 6.09. The Morgan fingerprint density at radius 3 is 2.72 bits per heavy atom. The highest BCUT2D eigenvalue weighted by atomic mass is 16.5. The average Bonchev–Trinajstić information content (AvgIpc) is 2.73. The summed E-state index contributed by atoms with van der Waals surface area (Å²) in [5.74, 6) is 1.98. The second kappa shape index (κ2) is 3.90. The number of hydrogen-bond donors (Lipinski definition) is 2. The van der Waals surface area contributed by atoms with Crippen molar-refractivity contribution in [3.8, 4) is 11.5 Å². The average molecular weight is 247 g/mol. The first-order chi connectivity index (χ1) is 8.71. The molecule has 2 aliphatic heterocycles. The molecule has 1 saturated heterocycles. The highest BCUT2D eigenvalue weighted by Gasteiger charge is 2.32. The van der Waals surface area contributed by atoms with E-state index in [-0.39, 0.29) is 12.1 Å². The third-order valence-corrected chi connectivity index (χ3v) is 3.13. The summed E-state index contributed by atoms with van der Waals surface area (Å²) in [5, 5.41) is 5.50. The van der Waals surface area contributed by atoms with Crippen molar-refractivity contribution in [1.82, 2.24) is 10.6 Å². The predicted octanol–water partition coefficient (Wildman–Crippen LogP) is 0.971. The molecule has 0 saturated carbocycles. The SMILES string of the molecule is COc1cc2c(cc1OC)N=C1NC(=O)NC1C2. The number of urea groups is 1. The summed E-state index contributed by atoms with van der Waals surface area (Å²) in [6.45, 7) is 0. The van der Waals surface area contributed by atoms with Crippen molar-refractivity contribution in [3.05, 3.63) is 17.7 Å². The lowest BCUT2D eigenvalue weighted by Crippen LogP contribution is -2.33. The number of nitrogens with one attached hydrogen (secondary N) is 2. The van der Waals surface area contributed by atoms with Crippen molar-refractivity contribution < 1.29 is 14.3 Å². The van der Waals surface area contributed by atoms with E-state index in [1.807, 2.05) is 12.1 Å². The van der Waals surface area contributed by atoms with Crippen LogP contribution in [0.4, 0.5) is 10.5 Å². The molecule has 2 heterocycles. The topological polar surface area (TPSA) is 72.0 Å². The maximum absolute atomic E-state index is 11.3. The van der Waals surface area contributed by atoms with E-state index in [0.717, 1.165) is 11.3 Å². The van der Waals surface area contributed by atoms with Gasteiger partial charge in [-0.1, -0.05) is 0 Å². The Balaban J connectivity index is 2.05. The lowest BCUT2D eigenvalue weighted by molar-refractivity contribution is 0.248. The van der Waals surface area contributed by atoms with Gasteiger partial charge in [0.25, 0.3) is 0 Å². The van der Waals surface area contributed by atoms with E-state index in [9.17, 15) is 4.79 Å². The summed E-state index contributed by atoms with van der Waals surface area (Å²) in [6.07, 6.45) is 0.702. The van der Waals surface area contributed by atoms with Gasteiger partial charge < -0.3 is 14.8 Å². The summed E-state index contributed by atoms with van der Waals surface area (Å²) >= 11 is 0. The van der Waals surface area contributed by atoms with Gasteiger partial charge >= 0.3 is 6.03 Å². The van der Waals surface area contributed by atoms with Gasteiger partial charge in [0.1, 0.15) is 5.84 Å². The van der Waals surface area contributed by atoms with E-state index in [1.165, 1.54) is 0 Å². The second-order valence-electron chi connectivity index (χ2n) is 4.19. The van der Waals surface area contributed by atoms with Gasteiger partial charge in [-0.2, -0.15) is 0 Å². The van der Waals surface area contributed by atoms with Crippen molar-refractivity contribution in [2.24, 2.45) is 4.99 Å². The first kappa shape index (κ1) is 10.9. The first-order valence-electron chi connectivity index (χ1n) is 5.62. The molecule has 2 N–H and O–H groups in total. The van der Waals surface area contributed by atoms with Crippen LogP contribution in [0, 0.1) is 0 Å². The Hall–Kier alpha value is -2.24. The number of amides is 2. The van der Waals surface area contributed by atoms with E-state index < -0.39 is 0 Å². The van der Waals surface area contributed by atoms with E-state index in [1.54, 1.807) is 14.2 Å². The van der Waals surface area contributed by atoms with Gasteiger partial charge in [-0.3, -0.25) is 5.32 Å². The quantitative estimate of drug-likeness (QED) is 0.818. The molecule has 0 spiro atoms. The zero-order valence-electron chi connectivity index (χ0n) is 10.1. The molecule has 0 radical (unpaired) electrons. The number of carbonyl (C=O) groups excluding carboxylic acids is 1. The number of benzene rings is 1. The third kappa shape index (κ3) is 1.57. The Kier molecular flexibility index (Phi) is 2.36. The molecule has 6 heteroatoms. The fourth-order valence-electron chi connectivity index (χ4n) is 2.25. The van der Waals surface area contributed by atoms with Crippen LogP contribution in [0.1, 0.15) is 5.56 Å². The smallest absolute Gasteiger partial charge is 0.320 e. The Labute approximate surface area is 104 Å². The largest absolute Gasteiger partial charge is 0.493 e. The van der Waals surface area contributed by atoms with Crippen LogP contribution in [0.3, 0.4) is 0 Å². The number of fused-ring (bicyclic) bond motifs is 2. The molecular weight excluding hydrogens is 234 g/mol. The van der Waals surface area contributed by atoms with Gasteiger partial charge in [0.05, 0.1) is 25.9 Å². The minimum absolute atomic E-state index is 0.0666. The van der Waals surface area contributed by atoms with Crippen LogP contribution >= 0.6 is 0 Å². The molecule has 0 aliphatic carbocycles. The van der Waals surface area contributed by atoms with Crippen molar-refractivity contribution >= 4 is 17.6 Å². The number of carbonyl (C=O) groups is 1. The van der Waals surface area contributed by atoms with E-state index in [0.29, 0.717) is 23.8 Å². The zero-order valence-corrected chi connectivity index (χ0v) is 10.1. The minimum atomic E-state index is -0.203. The summed E-state index contributed by atoms with van der Waals surface area (Å²) < 4.78 is 10.5. The molecule has 2 aliphatic rings. The van der Waals surface area contributed by atoms with Crippen molar-refractivity contribution in [2.45, 2.75) is 12.5 Å². The predicted molar refractivity (Wildman–Crippen MR) is 65.8 cm³/mol. The number of rotatable bonds is 2. The Morgan fingerprint density at radius 2 is 2.00 bits per heavy atom. The molecule has 1 unspecified atom stereocenters. The maximum Gasteiger partial charge on any atom is 0.320 e. The standard InChI is InChI=1S/C12H13N3O3/c1-17-9-4-6-3-8-11(15-12(16)14-8)13-7(6)5-10(9)18-2/h4-5,8H,3H2,1-2H3,(H2,13,14,15,16). The molecule has 18 heavy (non-hydrogen) atoms. The van der Waals surface area contributed by atoms with Gasteiger partial charge in [-0.05, 0) is 11.6 Å². The van der Waals surface area contributed by atoms with Gasteiger partial charge in [0, 0.05) is 12.5 Å². The molecule has 94 valence electrons. The fraction of sp³-hybridized carbons (Fsp3) is 0.333. The van der Waals surface area contributed by atoms with Crippen LogP contribution in [-0.2, 0) is 6.42 Å². The first-order valence-corrected chi connectivity index (χ1v) is 5.62. The molecule has 1 aromatic carbocycles. The maximum atomic E-state index is 11.3. The Morgan fingerprint density at radius 1 is 1.28 bits per heavy atom. The molecule has 0 aromatic heterocycles. The number of aliphatic imine (C=N–C) groups is 1. The molecule has 2 amide bonds. The van der Waals surface area contributed by atoms with Crippen LogP contribution in [0.5, 0.6) is 11.5 Å². The van der Waals surface area contributed by atoms with Crippen molar-refractivity contribution in [2.75, 3.05) is 14.2 Å². The number of ether oxygens (including phenoxy) is 2. The monoisotopic (exact) mass is 247 g/mol. The van der Waals surface area contributed by atoms with Gasteiger partial charge in [-0.15, -0.1) is 0 Å². The number of hydrogen-bond acceptors (Lipinski definition) is 4. The molecular formula is C12H13N3O3. The Bertz CT molecular complexity index is 554. The van der Waals surface area contributed by atoms with Crippen LogP contribution < -0.4 is 20.1 Å². The molecule has 3 rings (SSSR count). The minimum Gasteiger partial charge on any atom is -0.493 e. The van der Waals surface area contributed by atoms with Crippen LogP contribution in [0.25, 0.3) is 0 Å². The highest BCUT2D eigenvalue weighted by Crippen LogP contribution is 2.37. The molecule has 1 aromatic rings. The number of amidine groups is 1. The molecule has 0 bridgehead atoms. The van der Waals surface area contributed by atoms with Crippen LogP contribution in [0.2, 0.25) is 0 Å². The zero-order chi connectivity index (χ0) is 12.7. The summed E-state index contributed by atoms with van der Waals surface area (Å²) in [6, 6.07) is 3.45.